The van der Waals surface area contributed by atoms with Gasteiger partial charge in [-0.3, -0.25) is 0 Å². The molecule has 2 aromatic rings. The summed E-state index contributed by atoms with van der Waals surface area (Å²) in [6.07, 6.45) is 2.74. The van der Waals surface area contributed by atoms with E-state index in [1.165, 1.54) is 0 Å². The van der Waals surface area contributed by atoms with Crippen LogP contribution < -0.4 is 10.5 Å². The Morgan fingerprint density at radius 3 is 2.50 bits per heavy atom. The molecule has 0 aliphatic carbocycles. The molecule has 0 aliphatic rings. The Balaban J connectivity index is 2.29. The lowest BCUT2D eigenvalue weighted by molar-refractivity contribution is 0.317. The highest BCUT2D eigenvalue weighted by molar-refractivity contribution is 5.76. The fourth-order valence-corrected chi connectivity index (χ4v) is 1.89. The monoisotopic (exact) mass is 242 g/mol. The Morgan fingerprint density at radius 2 is 1.89 bits per heavy atom. The van der Waals surface area contributed by atoms with Gasteiger partial charge in [-0.1, -0.05) is 19.1 Å². The van der Waals surface area contributed by atoms with Crippen molar-refractivity contribution >= 4 is 5.82 Å². The molecule has 1 aromatic heterocycles. The lowest BCUT2D eigenvalue weighted by Crippen LogP contribution is -1.97. The number of aryl methyl sites for hydroxylation is 1. The van der Waals surface area contributed by atoms with Crippen LogP contribution in [0.2, 0.25) is 0 Å². The maximum Gasteiger partial charge on any atom is 0.131 e. The summed E-state index contributed by atoms with van der Waals surface area (Å²) in [4.78, 5) is 4.13. The fourth-order valence-electron chi connectivity index (χ4n) is 1.89. The molecule has 0 spiro atoms. The van der Waals surface area contributed by atoms with Crippen LogP contribution in [0, 0.1) is 6.92 Å². The van der Waals surface area contributed by atoms with E-state index in [0.29, 0.717) is 5.82 Å². The zero-order chi connectivity index (χ0) is 13.0. The molecular weight excluding hydrogens is 224 g/mol. The molecular formula is C15H18N2O. The van der Waals surface area contributed by atoms with Crippen molar-refractivity contribution in [3.05, 3.63) is 42.1 Å². The number of aromatic nitrogens is 1. The number of pyridine rings is 1. The Bertz CT molecular complexity index is 500. The number of anilines is 1. The molecule has 94 valence electrons. The molecule has 0 atom stereocenters. The summed E-state index contributed by atoms with van der Waals surface area (Å²) in [7, 11) is 0. The van der Waals surface area contributed by atoms with E-state index in [1.807, 2.05) is 37.3 Å². The summed E-state index contributed by atoms with van der Waals surface area (Å²) in [5.74, 6) is 1.46. The molecule has 3 heteroatoms. The maximum absolute atomic E-state index is 5.93. The van der Waals surface area contributed by atoms with Crippen LogP contribution in [0.5, 0.6) is 5.75 Å². The number of benzene rings is 1. The summed E-state index contributed by atoms with van der Waals surface area (Å²) < 4.78 is 5.56. The van der Waals surface area contributed by atoms with Crippen LogP contribution in [-0.4, -0.2) is 11.6 Å². The predicted octanol–water partition coefficient (Wildman–Crippen LogP) is 3.43. The molecule has 3 nitrogen and oxygen atoms in total. The van der Waals surface area contributed by atoms with Gasteiger partial charge in [-0.2, -0.15) is 0 Å². The number of rotatable bonds is 4. The van der Waals surface area contributed by atoms with Gasteiger partial charge >= 0.3 is 0 Å². The van der Waals surface area contributed by atoms with Gasteiger partial charge in [-0.15, -0.1) is 0 Å². The molecule has 0 amide bonds. The van der Waals surface area contributed by atoms with Crippen molar-refractivity contribution in [2.24, 2.45) is 0 Å². The third-order valence-corrected chi connectivity index (χ3v) is 2.80. The van der Waals surface area contributed by atoms with Crippen molar-refractivity contribution in [2.45, 2.75) is 20.3 Å². The first kappa shape index (κ1) is 12.4. The molecule has 18 heavy (non-hydrogen) atoms. The molecule has 0 saturated heterocycles. The molecule has 2 rings (SSSR count). The Kier molecular flexibility index (Phi) is 3.82. The van der Waals surface area contributed by atoms with Gasteiger partial charge in [0.15, 0.2) is 0 Å². The van der Waals surface area contributed by atoms with Crippen LogP contribution in [0.3, 0.4) is 0 Å². The quantitative estimate of drug-likeness (QED) is 0.893. The van der Waals surface area contributed by atoms with Crippen LogP contribution in [-0.2, 0) is 0 Å². The van der Waals surface area contributed by atoms with Crippen LogP contribution in [0.1, 0.15) is 18.9 Å². The third kappa shape index (κ3) is 2.62. The SMILES string of the molecule is CCCOc1ccc(-c2c(C)ccnc2N)cc1. The van der Waals surface area contributed by atoms with Gasteiger partial charge in [-0.05, 0) is 42.7 Å². The van der Waals surface area contributed by atoms with Crippen molar-refractivity contribution in [1.29, 1.82) is 0 Å². The normalized spacial score (nSPS) is 10.3. The van der Waals surface area contributed by atoms with Gasteiger partial charge in [0.1, 0.15) is 11.6 Å². The molecule has 0 radical (unpaired) electrons. The van der Waals surface area contributed by atoms with Gasteiger partial charge in [0.25, 0.3) is 0 Å². The van der Waals surface area contributed by atoms with E-state index in [2.05, 4.69) is 11.9 Å². The lowest BCUT2D eigenvalue weighted by atomic mass is 10.0. The van der Waals surface area contributed by atoms with Crippen LogP contribution in [0.25, 0.3) is 11.1 Å². The Morgan fingerprint density at radius 1 is 1.17 bits per heavy atom. The van der Waals surface area contributed by atoms with Crippen LogP contribution in [0.15, 0.2) is 36.5 Å². The number of nitrogen functional groups attached to an aromatic ring is 1. The first-order valence-corrected chi connectivity index (χ1v) is 6.16. The molecule has 1 heterocycles. The minimum Gasteiger partial charge on any atom is -0.494 e. The number of ether oxygens (including phenoxy) is 1. The molecule has 0 saturated carbocycles. The second kappa shape index (κ2) is 5.54. The topological polar surface area (TPSA) is 48.1 Å². The van der Waals surface area contributed by atoms with Gasteiger partial charge in [0.05, 0.1) is 6.61 Å². The number of nitrogens with zero attached hydrogens (tertiary/aromatic N) is 1. The molecule has 0 aliphatic heterocycles. The van der Waals surface area contributed by atoms with Gasteiger partial charge in [-0.25, -0.2) is 4.98 Å². The summed E-state index contributed by atoms with van der Waals surface area (Å²) in [5, 5.41) is 0. The van der Waals surface area contributed by atoms with Crippen molar-refractivity contribution < 1.29 is 4.74 Å². The second-order valence-corrected chi connectivity index (χ2v) is 4.26. The van der Waals surface area contributed by atoms with Crippen molar-refractivity contribution in [3.8, 4) is 16.9 Å². The van der Waals surface area contributed by atoms with Gasteiger partial charge < -0.3 is 10.5 Å². The highest BCUT2D eigenvalue weighted by atomic mass is 16.5. The third-order valence-electron chi connectivity index (χ3n) is 2.80. The van der Waals surface area contributed by atoms with E-state index in [9.17, 15) is 0 Å². The summed E-state index contributed by atoms with van der Waals surface area (Å²) in [6.45, 7) is 4.87. The number of nitrogens with two attached hydrogens (primary N) is 1. The van der Waals surface area contributed by atoms with E-state index in [-0.39, 0.29) is 0 Å². The zero-order valence-corrected chi connectivity index (χ0v) is 10.8. The second-order valence-electron chi connectivity index (χ2n) is 4.26. The Hall–Kier alpha value is -2.03. The van der Waals surface area contributed by atoms with E-state index in [0.717, 1.165) is 35.5 Å². The first-order valence-electron chi connectivity index (χ1n) is 6.16. The van der Waals surface area contributed by atoms with E-state index in [1.54, 1.807) is 6.20 Å². The smallest absolute Gasteiger partial charge is 0.131 e. The molecule has 0 bridgehead atoms. The average molecular weight is 242 g/mol. The van der Waals surface area contributed by atoms with Crippen molar-refractivity contribution in [1.82, 2.24) is 4.98 Å². The summed E-state index contributed by atoms with van der Waals surface area (Å²) in [6, 6.07) is 9.94. The minimum atomic E-state index is 0.567. The van der Waals surface area contributed by atoms with Gasteiger partial charge in [0.2, 0.25) is 0 Å². The van der Waals surface area contributed by atoms with Crippen LogP contribution in [0.4, 0.5) is 5.82 Å². The molecule has 1 aromatic carbocycles. The fraction of sp³-hybridized carbons (Fsp3) is 0.267. The molecule has 0 unspecified atom stereocenters. The molecule has 2 N–H and O–H groups in total. The summed E-state index contributed by atoms with van der Waals surface area (Å²) in [5.41, 5.74) is 9.13. The van der Waals surface area contributed by atoms with E-state index >= 15 is 0 Å². The summed E-state index contributed by atoms with van der Waals surface area (Å²) >= 11 is 0. The predicted molar refractivity (Wildman–Crippen MR) is 74.6 cm³/mol. The standard InChI is InChI=1S/C15H18N2O/c1-3-10-18-13-6-4-12(5-7-13)14-11(2)8-9-17-15(14)16/h4-9H,3,10H2,1-2H3,(H2,16,17). The van der Waals surface area contributed by atoms with Gasteiger partial charge in [0, 0.05) is 11.8 Å². The average Bonchev–Trinajstić information content (AvgIpc) is 2.37. The van der Waals surface area contributed by atoms with Crippen molar-refractivity contribution in [3.63, 3.8) is 0 Å². The van der Waals surface area contributed by atoms with Crippen LogP contribution >= 0.6 is 0 Å². The molecule has 0 fully saturated rings. The largest absolute Gasteiger partial charge is 0.494 e. The maximum atomic E-state index is 5.93. The Labute approximate surface area is 108 Å². The highest BCUT2D eigenvalue weighted by Gasteiger charge is 2.06. The minimum absolute atomic E-state index is 0.567. The zero-order valence-electron chi connectivity index (χ0n) is 10.8. The number of hydrogen-bond donors (Lipinski definition) is 1. The first-order chi connectivity index (χ1) is 8.72. The van der Waals surface area contributed by atoms with E-state index < -0.39 is 0 Å². The lowest BCUT2D eigenvalue weighted by Gasteiger charge is -2.10. The highest BCUT2D eigenvalue weighted by Crippen LogP contribution is 2.29. The van der Waals surface area contributed by atoms with Crippen molar-refractivity contribution in [2.75, 3.05) is 12.3 Å². The number of hydrogen-bond acceptors (Lipinski definition) is 3. The van der Waals surface area contributed by atoms with E-state index in [4.69, 9.17) is 10.5 Å².